The lowest BCUT2D eigenvalue weighted by molar-refractivity contribution is -0.383. The Hall–Kier alpha value is -3.45. The number of nitrogens with zero attached hydrogens (tertiary/aromatic N) is 2. The molecule has 1 aliphatic rings. The summed E-state index contributed by atoms with van der Waals surface area (Å²) in [6.45, 7) is 2.25. The van der Waals surface area contributed by atoms with E-state index in [0.29, 0.717) is 33.5 Å². The summed E-state index contributed by atoms with van der Waals surface area (Å²) >= 11 is 5.93. The molecule has 30 heavy (non-hydrogen) atoms. The van der Waals surface area contributed by atoms with Gasteiger partial charge in [0.15, 0.2) is 0 Å². The van der Waals surface area contributed by atoms with Gasteiger partial charge in [0.1, 0.15) is 5.69 Å². The number of carbonyl (C=O) groups is 2. The average molecular weight is 424 g/mol. The molecule has 3 aromatic rings. The second kappa shape index (κ2) is 7.76. The Kier molecular flexibility index (Phi) is 5.13. The minimum atomic E-state index is -0.527. The van der Waals surface area contributed by atoms with Crippen molar-refractivity contribution >= 4 is 51.2 Å². The lowest BCUT2D eigenvalue weighted by atomic mass is 9.92. The van der Waals surface area contributed by atoms with Crippen LogP contribution in [0, 0.1) is 10.1 Å². The van der Waals surface area contributed by atoms with Crippen molar-refractivity contribution in [2.45, 2.75) is 19.8 Å². The number of amides is 2. The first-order valence-electron chi connectivity index (χ1n) is 9.55. The number of rotatable bonds is 6. The molecule has 1 heterocycles. The fourth-order valence-corrected chi connectivity index (χ4v) is 3.80. The number of benzene rings is 3. The molecular formula is C22H18ClN3O4. The van der Waals surface area contributed by atoms with Crippen LogP contribution < -0.4 is 5.32 Å². The van der Waals surface area contributed by atoms with Crippen molar-refractivity contribution < 1.29 is 14.5 Å². The number of nitro benzene ring substituents is 1. The quantitative estimate of drug-likeness (QED) is 0.319. The van der Waals surface area contributed by atoms with Crippen molar-refractivity contribution in [2.75, 3.05) is 11.9 Å². The molecule has 152 valence electrons. The highest BCUT2D eigenvalue weighted by molar-refractivity contribution is 6.30. The molecule has 2 amide bonds. The standard InChI is InChI=1S/C22H18ClN3O4/c1-2-3-11-25-21(27)16-6-4-5-15-19(16)17(22(25)28)12-18(26(29)30)20(15)24-14-9-7-13(23)8-10-14/h4-10,12,24H,2-3,11H2,1H3. The number of hydrogen-bond donors (Lipinski definition) is 1. The summed E-state index contributed by atoms with van der Waals surface area (Å²) in [5.41, 5.74) is 1.13. The minimum Gasteiger partial charge on any atom is -0.349 e. The molecule has 0 saturated heterocycles. The number of halogens is 1. The number of carbonyl (C=O) groups excluding carboxylic acids is 2. The molecule has 0 radical (unpaired) electrons. The summed E-state index contributed by atoms with van der Waals surface area (Å²) in [4.78, 5) is 38.5. The van der Waals surface area contributed by atoms with E-state index in [2.05, 4.69) is 5.32 Å². The Labute approximate surface area is 177 Å². The van der Waals surface area contributed by atoms with Crippen LogP contribution >= 0.6 is 11.6 Å². The highest BCUT2D eigenvalue weighted by atomic mass is 35.5. The highest BCUT2D eigenvalue weighted by Crippen LogP contribution is 2.41. The van der Waals surface area contributed by atoms with E-state index in [1.165, 1.54) is 11.0 Å². The van der Waals surface area contributed by atoms with E-state index in [0.717, 1.165) is 6.42 Å². The lowest BCUT2D eigenvalue weighted by Crippen LogP contribution is -2.40. The molecule has 1 aliphatic heterocycles. The highest BCUT2D eigenvalue weighted by Gasteiger charge is 2.35. The smallest absolute Gasteiger partial charge is 0.294 e. The molecule has 0 bridgehead atoms. The molecule has 0 saturated carbocycles. The molecule has 0 fully saturated rings. The van der Waals surface area contributed by atoms with Crippen LogP contribution in [0.2, 0.25) is 5.02 Å². The molecule has 0 aliphatic carbocycles. The molecule has 3 aromatic carbocycles. The van der Waals surface area contributed by atoms with Gasteiger partial charge < -0.3 is 5.32 Å². The predicted molar refractivity (Wildman–Crippen MR) is 116 cm³/mol. The van der Waals surface area contributed by atoms with Gasteiger partial charge in [-0.1, -0.05) is 37.1 Å². The maximum absolute atomic E-state index is 13.0. The third kappa shape index (κ3) is 3.27. The molecule has 0 unspecified atom stereocenters. The lowest BCUT2D eigenvalue weighted by Gasteiger charge is -2.27. The van der Waals surface area contributed by atoms with Crippen molar-refractivity contribution in [1.29, 1.82) is 0 Å². The number of hydrogen-bond acceptors (Lipinski definition) is 5. The summed E-state index contributed by atoms with van der Waals surface area (Å²) in [5.74, 6) is -0.879. The van der Waals surface area contributed by atoms with Gasteiger partial charge in [-0.05, 0) is 36.8 Å². The Morgan fingerprint density at radius 1 is 1.07 bits per heavy atom. The number of unbranched alkanes of at least 4 members (excludes halogenated alkanes) is 1. The van der Waals surface area contributed by atoms with E-state index < -0.39 is 10.8 Å². The topological polar surface area (TPSA) is 92.6 Å². The molecule has 8 heteroatoms. The van der Waals surface area contributed by atoms with Crippen molar-refractivity contribution in [2.24, 2.45) is 0 Å². The zero-order chi connectivity index (χ0) is 21.4. The maximum Gasteiger partial charge on any atom is 0.294 e. The van der Waals surface area contributed by atoms with Crippen molar-refractivity contribution in [3.8, 4) is 0 Å². The van der Waals surface area contributed by atoms with Crippen molar-refractivity contribution in [3.63, 3.8) is 0 Å². The Balaban J connectivity index is 1.94. The molecule has 0 aromatic heterocycles. The second-order valence-electron chi connectivity index (χ2n) is 7.05. The third-order valence-corrected chi connectivity index (χ3v) is 5.39. The molecular weight excluding hydrogens is 406 g/mol. The van der Waals surface area contributed by atoms with Crippen LogP contribution in [-0.2, 0) is 0 Å². The van der Waals surface area contributed by atoms with Crippen LogP contribution in [0.4, 0.5) is 17.1 Å². The largest absolute Gasteiger partial charge is 0.349 e. The van der Waals surface area contributed by atoms with Gasteiger partial charge in [0.25, 0.3) is 17.5 Å². The fourth-order valence-electron chi connectivity index (χ4n) is 3.67. The van der Waals surface area contributed by atoms with Gasteiger partial charge in [-0.2, -0.15) is 0 Å². The van der Waals surface area contributed by atoms with Crippen molar-refractivity contribution in [3.05, 3.63) is 74.8 Å². The second-order valence-corrected chi connectivity index (χ2v) is 7.49. The van der Waals surface area contributed by atoms with E-state index in [1.807, 2.05) is 6.92 Å². The molecule has 0 atom stereocenters. The zero-order valence-electron chi connectivity index (χ0n) is 16.1. The van der Waals surface area contributed by atoms with Gasteiger partial charge in [-0.15, -0.1) is 0 Å². The Bertz CT molecular complexity index is 1190. The monoisotopic (exact) mass is 423 g/mol. The van der Waals surface area contributed by atoms with E-state index in [1.54, 1.807) is 42.5 Å². The van der Waals surface area contributed by atoms with Crippen LogP contribution in [0.5, 0.6) is 0 Å². The van der Waals surface area contributed by atoms with E-state index >= 15 is 0 Å². The van der Waals surface area contributed by atoms with Crippen LogP contribution in [0.1, 0.15) is 40.5 Å². The molecule has 4 rings (SSSR count). The van der Waals surface area contributed by atoms with Crippen LogP contribution in [0.3, 0.4) is 0 Å². The summed E-state index contributed by atoms with van der Waals surface area (Å²) in [6, 6.07) is 13.0. The SMILES string of the molecule is CCCCN1C(=O)c2cccc3c(Nc4ccc(Cl)cc4)c([N+](=O)[O-])cc(c23)C1=O. The predicted octanol–water partition coefficient (Wildman–Crippen LogP) is 5.54. The first-order valence-corrected chi connectivity index (χ1v) is 9.93. The van der Waals surface area contributed by atoms with Crippen LogP contribution in [0.15, 0.2) is 48.5 Å². The molecule has 0 spiro atoms. The van der Waals surface area contributed by atoms with Gasteiger partial charge >= 0.3 is 0 Å². The third-order valence-electron chi connectivity index (χ3n) is 5.14. The first-order chi connectivity index (χ1) is 14.4. The molecule has 7 nitrogen and oxygen atoms in total. The van der Waals surface area contributed by atoms with Gasteiger partial charge in [0.05, 0.1) is 10.5 Å². The average Bonchev–Trinajstić information content (AvgIpc) is 2.74. The van der Waals surface area contributed by atoms with Gasteiger partial charge in [0.2, 0.25) is 0 Å². The van der Waals surface area contributed by atoms with E-state index in [4.69, 9.17) is 11.6 Å². The van der Waals surface area contributed by atoms with Crippen molar-refractivity contribution in [1.82, 2.24) is 4.90 Å². The number of anilines is 2. The summed E-state index contributed by atoms with van der Waals surface area (Å²) < 4.78 is 0. The number of nitro groups is 1. The van der Waals surface area contributed by atoms with E-state index in [9.17, 15) is 19.7 Å². The Morgan fingerprint density at radius 2 is 1.77 bits per heavy atom. The zero-order valence-corrected chi connectivity index (χ0v) is 16.9. The minimum absolute atomic E-state index is 0.171. The first kappa shape index (κ1) is 19.8. The molecule has 1 N–H and O–H groups in total. The van der Waals surface area contributed by atoms with Crippen LogP contribution in [0.25, 0.3) is 10.8 Å². The van der Waals surface area contributed by atoms with Gasteiger partial charge in [-0.25, -0.2) is 0 Å². The maximum atomic E-state index is 13.0. The number of nitrogens with one attached hydrogen (secondary N) is 1. The Morgan fingerprint density at radius 3 is 2.43 bits per heavy atom. The summed E-state index contributed by atoms with van der Waals surface area (Å²) in [7, 11) is 0. The normalized spacial score (nSPS) is 13.1. The summed E-state index contributed by atoms with van der Waals surface area (Å²) in [5, 5.41) is 16.3. The fraction of sp³-hybridized carbons (Fsp3) is 0.182. The van der Waals surface area contributed by atoms with Crippen LogP contribution in [-0.4, -0.2) is 28.2 Å². The van der Waals surface area contributed by atoms with Gasteiger partial charge in [0, 0.05) is 39.7 Å². The summed E-state index contributed by atoms with van der Waals surface area (Å²) in [6.07, 6.45) is 1.49. The van der Waals surface area contributed by atoms with Gasteiger partial charge in [-0.3, -0.25) is 24.6 Å². The number of imide groups is 1. The van der Waals surface area contributed by atoms with E-state index in [-0.39, 0.29) is 29.4 Å².